The number of ether oxygens (including phenoxy) is 1. The standard InChI is InChI=1S/C11H10N2O6S/c1-2-17-10(16)9-12-13-11(19-9)20-5-6-3-7(14)8(15)4-18-6/h3-4,15H,2,5H2,1H3. The molecule has 106 valence electrons. The second kappa shape index (κ2) is 6.24. The van der Waals surface area contributed by atoms with Crippen LogP contribution >= 0.6 is 11.8 Å². The van der Waals surface area contributed by atoms with Gasteiger partial charge in [0.1, 0.15) is 12.0 Å². The van der Waals surface area contributed by atoms with Crippen LogP contribution in [0.25, 0.3) is 0 Å². The van der Waals surface area contributed by atoms with Crippen LogP contribution in [0, 0.1) is 0 Å². The first-order valence-corrected chi connectivity index (χ1v) is 6.53. The summed E-state index contributed by atoms with van der Waals surface area (Å²) in [5.41, 5.74) is -0.537. The van der Waals surface area contributed by atoms with Crippen molar-refractivity contribution < 1.29 is 23.5 Å². The third-order valence-corrected chi connectivity index (χ3v) is 2.90. The topological polar surface area (TPSA) is 116 Å². The van der Waals surface area contributed by atoms with Crippen molar-refractivity contribution in [3.63, 3.8) is 0 Å². The summed E-state index contributed by atoms with van der Waals surface area (Å²) in [7, 11) is 0. The van der Waals surface area contributed by atoms with Crippen LogP contribution in [0.1, 0.15) is 23.4 Å². The zero-order valence-electron chi connectivity index (χ0n) is 10.4. The molecule has 0 aromatic carbocycles. The third-order valence-electron chi connectivity index (χ3n) is 2.06. The van der Waals surface area contributed by atoms with Crippen LogP contribution in [0.15, 0.2) is 31.2 Å². The first-order chi connectivity index (χ1) is 9.60. The Morgan fingerprint density at radius 1 is 1.50 bits per heavy atom. The number of carbonyl (C=O) groups is 1. The highest BCUT2D eigenvalue weighted by molar-refractivity contribution is 7.98. The third kappa shape index (κ3) is 3.38. The minimum absolute atomic E-state index is 0.142. The lowest BCUT2D eigenvalue weighted by molar-refractivity contribution is 0.0475. The number of rotatable bonds is 5. The van der Waals surface area contributed by atoms with Crippen LogP contribution in [0.3, 0.4) is 0 Å². The maximum atomic E-state index is 11.3. The summed E-state index contributed by atoms with van der Waals surface area (Å²) in [6.45, 7) is 1.87. The van der Waals surface area contributed by atoms with E-state index in [1.54, 1.807) is 6.92 Å². The summed E-state index contributed by atoms with van der Waals surface area (Å²) in [6.07, 6.45) is 0.954. The molecule has 20 heavy (non-hydrogen) atoms. The van der Waals surface area contributed by atoms with Crippen molar-refractivity contribution in [1.29, 1.82) is 0 Å². The predicted octanol–water partition coefficient (Wildman–Crippen LogP) is 1.20. The van der Waals surface area contributed by atoms with Gasteiger partial charge in [-0.25, -0.2) is 4.79 Å². The first kappa shape index (κ1) is 14.1. The zero-order chi connectivity index (χ0) is 14.5. The fourth-order valence-corrected chi connectivity index (χ4v) is 1.85. The van der Waals surface area contributed by atoms with Crippen LogP contribution in [0.5, 0.6) is 5.75 Å². The molecule has 8 nitrogen and oxygen atoms in total. The number of esters is 1. The van der Waals surface area contributed by atoms with Gasteiger partial charge in [-0.05, 0) is 6.92 Å². The number of thioether (sulfide) groups is 1. The van der Waals surface area contributed by atoms with E-state index in [2.05, 4.69) is 10.2 Å². The molecule has 0 unspecified atom stereocenters. The first-order valence-electron chi connectivity index (χ1n) is 5.54. The molecule has 2 aromatic heterocycles. The molecular formula is C11H10N2O6S. The molecule has 0 radical (unpaired) electrons. The molecule has 0 fully saturated rings. The van der Waals surface area contributed by atoms with Crippen molar-refractivity contribution >= 4 is 17.7 Å². The van der Waals surface area contributed by atoms with Crippen molar-refractivity contribution in [1.82, 2.24) is 10.2 Å². The van der Waals surface area contributed by atoms with Gasteiger partial charge in [-0.15, -0.1) is 5.10 Å². The summed E-state index contributed by atoms with van der Waals surface area (Å²) >= 11 is 1.08. The number of nitrogens with zero attached hydrogens (tertiary/aromatic N) is 2. The number of carbonyl (C=O) groups excluding carboxylic acids is 1. The Labute approximate surface area is 116 Å². The number of aromatic nitrogens is 2. The number of aromatic hydroxyl groups is 1. The van der Waals surface area contributed by atoms with Crippen molar-refractivity contribution in [3.8, 4) is 5.75 Å². The number of hydrogen-bond acceptors (Lipinski definition) is 9. The van der Waals surface area contributed by atoms with Crippen LogP contribution in [-0.4, -0.2) is 27.9 Å². The van der Waals surface area contributed by atoms with E-state index in [0.717, 1.165) is 24.1 Å². The molecule has 0 bridgehead atoms. The monoisotopic (exact) mass is 298 g/mol. The maximum absolute atomic E-state index is 11.3. The zero-order valence-corrected chi connectivity index (χ0v) is 11.2. The predicted molar refractivity (Wildman–Crippen MR) is 66.5 cm³/mol. The highest BCUT2D eigenvalue weighted by Gasteiger charge is 2.16. The lowest BCUT2D eigenvalue weighted by Crippen LogP contribution is -2.04. The van der Waals surface area contributed by atoms with Gasteiger partial charge < -0.3 is 18.7 Å². The minimum atomic E-state index is -0.692. The summed E-state index contributed by atoms with van der Waals surface area (Å²) in [5, 5.41) is 16.4. The largest absolute Gasteiger partial charge is 0.502 e. The Morgan fingerprint density at radius 2 is 2.30 bits per heavy atom. The molecule has 0 atom stereocenters. The number of hydrogen-bond donors (Lipinski definition) is 1. The summed E-state index contributed by atoms with van der Waals surface area (Å²) in [5.74, 6) is -0.820. The van der Waals surface area contributed by atoms with E-state index >= 15 is 0 Å². The van der Waals surface area contributed by atoms with E-state index < -0.39 is 17.1 Å². The molecule has 2 rings (SSSR count). The Kier molecular flexibility index (Phi) is 4.41. The van der Waals surface area contributed by atoms with Crippen molar-refractivity contribution in [2.75, 3.05) is 6.61 Å². The van der Waals surface area contributed by atoms with Gasteiger partial charge in [-0.1, -0.05) is 16.9 Å². The van der Waals surface area contributed by atoms with E-state index in [4.69, 9.17) is 18.7 Å². The van der Waals surface area contributed by atoms with Gasteiger partial charge in [-0.2, -0.15) is 0 Å². The molecule has 0 saturated carbocycles. The average molecular weight is 298 g/mol. The molecule has 1 N–H and O–H groups in total. The lowest BCUT2D eigenvalue weighted by Gasteiger charge is -1.97. The van der Waals surface area contributed by atoms with Gasteiger partial charge in [0.2, 0.25) is 5.43 Å². The van der Waals surface area contributed by atoms with E-state index in [1.165, 1.54) is 0 Å². The molecule has 0 aliphatic rings. The Balaban J connectivity index is 1.99. The van der Waals surface area contributed by atoms with Gasteiger partial charge >= 0.3 is 11.9 Å². The lowest BCUT2D eigenvalue weighted by atomic mass is 10.4. The molecular weight excluding hydrogens is 288 g/mol. The summed E-state index contributed by atoms with van der Waals surface area (Å²) in [6, 6.07) is 1.16. The normalized spacial score (nSPS) is 10.4. The fraction of sp³-hybridized carbons (Fsp3) is 0.273. The summed E-state index contributed by atoms with van der Waals surface area (Å²) < 4.78 is 14.8. The molecule has 2 heterocycles. The van der Waals surface area contributed by atoms with Crippen molar-refractivity contribution in [2.24, 2.45) is 0 Å². The quantitative estimate of drug-likeness (QED) is 0.641. The minimum Gasteiger partial charge on any atom is -0.502 e. The highest BCUT2D eigenvalue weighted by Crippen LogP contribution is 2.21. The molecule has 0 saturated heterocycles. The van der Waals surface area contributed by atoms with Crippen molar-refractivity contribution in [3.05, 3.63) is 34.2 Å². The molecule has 0 amide bonds. The van der Waals surface area contributed by atoms with Crippen LogP contribution in [0.2, 0.25) is 0 Å². The van der Waals surface area contributed by atoms with Gasteiger partial charge in [0, 0.05) is 6.07 Å². The van der Waals surface area contributed by atoms with Gasteiger partial charge in [0.25, 0.3) is 5.22 Å². The smallest absolute Gasteiger partial charge is 0.396 e. The molecule has 0 aliphatic carbocycles. The van der Waals surface area contributed by atoms with E-state index in [9.17, 15) is 9.59 Å². The Morgan fingerprint density at radius 3 is 3.00 bits per heavy atom. The van der Waals surface area contributed by atoms with Gasteiger partial charge in [0.05, 0.1) is 12.4 Å². The summed E-state index contributed by atoms with van der Waals surface area (Å²) in [4.78, 5) is 22.5. The van der Waals surface area contributed by atoms with Crippen molar-refractivity contribution in [2.45, 2.75) is 17.9 Å². The van der Waals surface area contributed by atoms with E-state index in [1.807, 2.05) is 0 Å². The molecule has 2 aromatic rings. The van der Waals surface area contributed by atoms with Gasteiger partial charge in [-0.3, -0.25) is 4.79 Å². The second-order valence-corrected chi connectivity index (χ2v) is 4.40. The molecule has 9 heteroatoms. The van der Waals surface area contributed by atoms with Crippen LogP contribution in [-0.2, 0) is 10.5 Å². The Hall–Kier alpha value is -2.29. The average Bonchev–Trinajstić information content (AvgIpc) is 2.89. The Bertz CT molecular complexity index is 665. The van der Waals surface area contributed by atoms with Crippen LogP contribution < -0.4 is 5.43 Å². The molecule has 0 aliphatic heterocycles. The SMILES string of the molecule is CCOC(=O)c1nnc(SCc2cc(=O)c(O)co2)o1. The van der Waals surface area contributed by atoms with E-state index in [0.29, 0.717) is 5.76 Å². The highest BCUT2D eigenvalue weighted by atomic mass is 32.2. The maximum Gasteiger partial charge on any atom is 0.396 e. The van der Waals surface area contributed by atoms with E-state index in [-0.39, 0.29) is 23.5 Å². The molecule has 0 spiro atoms. The second-order valence-electron chi connectivity index (χ2n) is 3.48. The van der Waals surface area contributed by atoms with Crippen LogP contribution in [0.4, 0.5) is 0 Å². The van der Waals surface area contributed by atoms with Gasteiger partial charge in [0.15, 0.2) is 5.75 Å². The fourth-order valence-electron chi connectivity index (χ4n) is 1.20.